The highest BCUT2D eigenvalue weighted by Gasteiger charge is 2.46. The van der Waals surface area contributed by atoms with Crippen LogP contribution in [-0.2, 0) is 9.59 Å². The Labute approximate surface area is 126 Å². The Morgan fingerprint density at radius 3 is 2.70 bits per heavy atom. The van der Waals surface area contributed by atoms with E-state index in [1.165, 1.54) is 0 Å². The molecule has 0 radical (unpaired) electrons. The molecular weight excluding hydrogens is 320 g/mol. The summed E-state index contributed by atoms with van der Waals surface area (Å²) in [6, 6.07) is 5.10. The largest absolute Gasteiger partial charge is 0.329 e. The summed E-state index contributed by atoms with van der Waals surface area (Å²) < 4.78 is 0.955. The van der Waals surface area contributed by atoms with Crippen LogP contribution < -0.4 is 4.90 Å². The van der Waals surface area contributed by atoms with Crippen molar-refractivity contribution in [3.05, 3.63) is 28.2 Å². The van der Waals surface area contributed by atoms with Gasteiger partial charge in [0, 0.05) is 16.7 Å². The number of hydrogen-bond acceptors (Lipinski definition) is 2. The number of amides is 2. The van der Waals surface area contributed by atoms with Crippen LogP contribution in [0.2, 0.25) is 0 Å². The number of rotatable bonds is 1. The maximum Gasteiger partial charge on any atom is 0.250 e. The maximum absolute atomic E-state index is 12.7. The van der Waals surface area contributed by atoms with E-state index in [9.17, 15) is 9.59 Å². The minimum absolute atomic E-state index is 0.0466. The van der Waals surface area contributed by atoms with Crippen molar-refractivity contribution in [1.82, 2.24) is 4.90 Å². The van der Waals surface area contributed by atoms with Gasteiger partial charge in [-0.1, -0.05) is 22.0 Å². The van der Waals surface area contributed by atoms with Crippen molar-refractivity contribution in [2.75, 3.05) is 11.4 Å². The SMILES string of the molecule is Cc1ccc(N2C(=O)C3CCCN3C(=O)C2C)cc1Br. The van der Waals surface area contributed by atoms with Crippen LogP contribution >= 0.6 is 15.9 Å². The second-order valence-electron chi connectivity index (χ2n) is 5.51. The number of fused-ring (bicyclic) bond motifs is 1. The molecule has 2 fully saturated rings. The van der Waals surface area contributed by atoms with Crippen molar-refractivity contribution in [2.45, 2.75) is 38.8 Å². The number of hydrogen-bond donors (Lipinski definition) is 0. The lowest BCUT2D eigenvalue weighted by atomic mass is 10.0. The minimum atomic E-state index is -0.425. The number of halogens is 1. The molecule has 2 aliphatic rings. The summed E-state index contributed by atoms with van der Waals surface area (Å²) >= 11 is 3.49. The summed E-state index contributed by atoms with van der Waals surface area (Å²) in [7, 11) is 0. The number of carbonyl (C=O) groups excluding carboxylic acids is 2. The van der Waals surface area contributed by atoms with Gasteiger partial charge in [0.1, 0.15) is 12.1 Å². The molecule has 0 N–H and O–H groups in total. The Balaban J connectivity index is 2.01. The van der Waals surface area contributed by atoms with Gasteiger partial charge in [-0.25, -0.2) is 0 Å². The molecule has 5 heteroatoms. The summed E-state index contributed by atoms with van der Waals surface area (Å²) in [6.45, 7) is 4.52. The van der Waals surface area contributed by atoms with Gasteiger partial charge >= 0.3 is 0 Å². The van der Waals surface area contributed by atoms with E-state index < -0.39 is 6.04 Å². The summed E-state index contributed by atoms with van der Waals surface area (Å²) in [5.41, 5.74) is 1.90. The Morgan fingerprint density at radius 2 is 2.00 bits per heavy atom. The van der Waals surface area contributed by atoms with E-state index in [1.54, 1.807) is 9.80 Å². The van der Waals surface area contributed by atoms with E-state index in [-0.39, 0.29) is 17.9 Å². The van der Waals surface area contributed by atoms with E-state index in [0.29, 0.717) is 6.54 Å². The lowest BCUT2D eigenvalue weighted by molar-refractivity contribution is -0.143. The van der Waals surface area contributed by atoms with Crippen LogP contribution in [0.25, 0.3) is 0 Å². The predicted octanol–water partition coefficient (Wildman–Crippen LogP) is 2.48. The number of aryl methyl sites for hydroxylation is 1. The minimum Gasteiger partial charge on any atom is -0.329 e. The second kappa shape index (κ2) is 4.88. The maximum atomic E-state index is 12.7. The highest BCUT2D eigenvalue weighted by molar-refractivity contribution is 9.10. The molecule has 1 aromatic carbocycles. The summed E-state index contributed by atoms with van der Waals surface area (Å²) in [6.07, 6.45) is 1.70. The van der Waals surface area contributed by atoms with Crippen LogP contribution in [0.1, 0.15) is 25.3 Å². The standard InChI is InChI=1S/C15H17BrN2O2/c1-9-5-6-11(8-12(9)16)18-10(2)14(19)17-7-3-4-13(17)15(18)20/h5-6,8,10,13H,3-4,7H2,1-2H3. The van der Waals surface area contributed by atoms with Crippen LogP contribution in [0, 0.1) is 6.92 Å². The molecule has 20 heavy (non-hydrogen) atoms. The average Bonchev–Trinajstić information content (AvgIpc) is 2.90. The van der Waals surface area contributed by atoms with Gasteiger partial charge in [-0.15, -0.1) is 0 Å². The first kappa shape index (κ1) is 13.6. The smallest absolute Gasteiger partial charge is 0.250 e. The van der Waals surface area contributed by atoms with Crippen molar-refractivity contribution in [3.8, 4) is 0 Å². The molecule has 2 heterocycles. The highest BCUT2D eigenvalue weighted by atomic mass is 79.9. The third-order valence-corrected chi connectivity index (χ3v) is 5.09. The average molecular weight is 337 g/mol. The van der Waals surface area contributed by atoms with Gasteiger partial charge in [-0.05, 0) is 44.4 Å². The molecule has 0 spiro atoms. The Kier molecular flexibility index (Phi) is 3.32. The quantitative estimate of drug-likeness (QED) is 0.790. The first-order valence-electron chi connectivity index (χ1n) is 6.90. The third-order valence-electron chi connectivity index (χ3n) is 4.24. The molecule has 0 saturated carbocycles. The zero-order valence-corrected chi connectivity index (χ0v) is 13.2. The lowest BCUT2D eigenvalue weighted by Gasteiger charge is -2.41. The molecule has 2 amide bonds. The Morgan fingerprint density at radius 1 is 1.25 bits per heavy atom. The molecule has 4 nitrogen and oxygen atoms in total. The van der Waals surface area contributed by atoms with Crippen LogP contribution in [0.3, 0.4) is 0 Å². The summed E-state index contributed by atoms with van der Waals surface area (Å²) in [5.74, 6) is 0.106. The zero-order chi connectivity index (χ0) is 14.4. The molecule has 0 aromatic heterocycles. The van der Waals surface area contributed by atoms with Crippen molar-refractivity contribution >= 4 is 33.4 Å². The third kappa shape index (κ3) is 1.95. The highest BCUT2D eigenvalue weighted by Crippen LogP contribution is 2.32. The molecule has 1 aromatic rings. The molecular formula is C15H17BrN2O2. The number of anilines is 1. The zero-order valence-electron chi connectivity index (χ0n) is 11.6. The fraction of sp³-hybridized carbons (Fsp3) is 0.467. The summed E-state index contributed by atoms with van der Waals surface area (Å²) in [5, 5.41) is 0. The number of nitrogens with zero attached hydrogens (tertiary/aromatic N) is 2. The lowest BCUT2D eigenvalue weighted by Crippen LogP contribution is -2.62. The van der Waals surface area contributed by atoms with E-state index in [4.69, 9.17) is 0 Å². The van der Waals surface area contributed by atoms with Gasteiger partial charge in [-0.2, -0.15) is 0 Å². The van der Waals surface area contributed by atoms with E-state index in [2.05, 4.69) is 15.9 Å². The van der Waals surface area contributed by atoms with Crippen LogP contribution in [0.15, 0.2) is 22.7 Å². The van der Waals surface area contributed by atoms with Crippen molar-refractivity contribution in [3.63, 3.8) is 0 Å². The van der Waals surface area contributed by atoms with Crippen LogP contribution in [0.4, 0.5) is 5.69 Å². The van der Waals surface area contributed by atoms with Crippen molar-refractivity contribution in [1.29, 1.82) is 0 Å². The molecule has 2 saturated heterocycles. The van der Waals surface area contributed by atoms with E-state index >= 15 is 0 Å². The van der Waals surface area contributed by atoms with E-state index in [0.717, 1.165) is 28.6 Å². The second-order valence-corrected chi connectivity index (χ2v) is 6.36. The summed E-state index contributed by atoms with van der Waals surface area (Å²) in [4.78, 5) is 28.5. The molecule has 2 aliphatic heterocycles. The fourth-order valence-corrected chi connectivity index (χ4v) is 3.44. The fourth-order valence-electron chi connectivity index (χ4n) is 3.07. The first-order valence-corrected chi connectivity index (χ1v) is 7.69. The monoisotopic (exact) mass is 336 g/mol. The van der Waals surface area contributed by atoms with Gasteiger partial charge in [0.2, 0.25) is 5.91 Å². The van der Waals surface area contributed by atoms with Gasteiger partial charge in [0.25, 0.3) is 5.91 Å². The molecule has 0 bridgehead atoms. The van der Waals surface area contributed by atoms with Gasteiger partial charge in [0.05, 0.1) is 0 Å². The van der Waals surface area contributed by atoms with Crippen LogP contribution in [0.5, 0.6) is 0 Å². The normalized spacial score (nSPS) is 26.1. The predicted molar refractivity (Wildman–Crippen MR) is 80.6 cm³/mol. The van der Waals surface area contributed by atoms with Gasteiger partial charge < -0.3 is 4.90 Å². The molecule has 3 rings (SSSR count). The number of piperazine rings is 1. The molecule has 2 unspecified atom stereocenters. The molecule has 2 atom stereocenters. The Hall–Kier alpha value is -1.36. The Bertz CT molecular complexity index is 587. The first-order chi connectivity index (χ1) is 9.50. The number of carbonyl (C=O) groups is 2. The topological polar surface area (TPSA) is 40.6 Å². The number of benzene rings is 1. The molecule has 106 valence electrons. The molecule has 0 aliphatic carbocycles. The van der Waals surface area contributed by atoms with Gasteiger partial charge in [0.15, 0.2) is 0 Å². The van der Waals surface area contributed by atoms with Crippen LogP contribution in [-0.4, -0.2) is 35.3 Å². The van der Waals surface area contributed by atoms with Crippen molar-refractivity contribution < 1.29 is 9.59 Å². The van der Waals surface area contributed by atoms with Crippen molar-refractivity contribution in [2.24, 2.45) is 0 Å². The van der Waals surface area contributed by atoms with E-state index in [1.807, 2.05) is 32.0 Å². The van der Waals surface area contributed by atoms with Gasteiger partial charge in [-0.3, -0.25) is 14.5 Å².